The number of nitrogens with one attached hydrogen (secondary N) is 1. The molecular weight excluding hydrogens is 224 g/mol. The Labute approximate surface area is 111 Å². The zero-order valence-electron chi connectivity index (χ0n) is 12.6. The van der Waals surface area contributed by atoms with E-state index in [2.05, 4.69) is 56.1 Å². The Bertz CT molecular complexity index is 335. The lowest BCUT2D eigenvalue weighted by Gasteiger charge is -2.31. The summed E-state index contributed by atoms with van der Waals surface area (Å²) in [6, 6.07) is 1.56. The number of aryl methyl sites for hydroxylation is 1. The van der Waals surface area contributed by atoms with Crippen LogP contribution in [-0.4, -0.2) is 39.9 Å². The lowest BCUT2D eigenvalue weighted by atomic mass is 10.2. The molecule has 1 heterocycles. The Morgan fingerprint density at radius 2 is 1.83 bits per heavy atom. The third-order valence-corrected chi connectivity index (χ3v) is 3.37. The van der Waals surface area contributed by atoms with Crippen LogP contribution in [-0.2, 0) is 7.05 Å². The molecule has 0 bridgehead atoms. The highest BCUT2D eigenvalue weighted by Crippen LogP contribution is 2.10. The number of hydrogen-bond donors (Lipinski definition) is 1. The average molecular weight is 252 g/mol. The molecule has 1 rings (SSSR count). The molecule has 0 spiro atoms. The van der Waals surface area contributed by atoms with Crippen LogP contribution in [0.25, 0.3) is 0 Å². The summed E-state index contributed by atoms with van der Waals surface area (Å²) < 4.78 is 1.85. The maximum Gasteiger partial charge on any atom is 0.0537 e. The Kier molecular flexibility index (Phi) is 5.82. The number of rotatable bonds is 7. The molecule has 104 valence electrons. The molecule has 4 heteroatoms. The van der Waals surface area contributed by atoms with Crippen LogP contribution in [0, 0.1) is 0 Å². The zero-order valence-corrected chi connectivity index (χ0v) is 12.6. The summed E-state index contributed by atoms with van der Waals surface area (Å²) in [6.45, 7) is 13.3. The highest BCUT2D eigenvalue weighted by molar-refractivity contribution is 5.08. The molecule has 0 aliphatic rings. The molecule has 0 saturated heterocycles. The minimum Gasteiger partial charge on any atom is -0.309 e. The van der Waals surface area contributed by atoms with Crippen LogP contribution in [0.4, 0.5) is 0 Å². The first kappa shape index (κ1) is 15.2. The molecule has 1 unspecified atom stereocenters. The Morgan fingerprint density at radius 1 is 1.22 bits per heavy atom. The van der Waals surface area contributed by atoms with E-state index >= 15 is 0 Å². The Hall–Kier alpha value is -0.870. The molecule has 1 atom stereocenters. The Balaban J connectivity index is 2.37. The van der Waals surface area contributed by atoms with E-state index < -0.39 is 0 Å². The maximum atomic E-state index is 4.20. The fourth-order valence-electron chi connectivity index (χ4n) is 2.30. The van der Waals surface area contributed by atoms with Crippen LogP contribution in [0.15, 0.2) is 12.4 Å². The van der Waals surface area contributed by atoms with Crippen LogP contribution in [0.1, 0.15) is 46.2 Å². The highest BCUT2D eigenvalue weighted by atomic mass is 15.2. The first-order chi connectivity index (χ1) is 8.41. The summed E-state index contributed by atoms with van der Waals surface area (Å²) in [5.41, 5.74) is 1.25. The van der Waals surface area contributed by atoms with Crippen molar-refractivity contribution in [3.63, 3.8) is 0 Å². The van der Waals surface area contributed by atoms with Gasteiger partial charge in [0.2, 0.25) is 0 Å². The summed E-state index contributed by atoms with van der Waals surface area (Å²) in [5.74, 6) is 0. The Morgan fingerprint density at radius 3 is 2.28 bits per heavy atom. The number of nitrogens with zero attached hydrogens (tertiary/aromatic N) is 3. The standard InChI is InChI=1S/C14H28N4/c1-11(2)18(12(3)4)8-7-15-13(5)14-9-16-17(6)10-14/h9-13,15H,7-8H2,1-6H3. The third-order valence-electron chi connectivity index (χ3n) is 3.37. The van der Waals surface area contributed by atoms with Gasteiger partial charge in [0.05, 0.1) is 6.20 Å². The second-order valence-electron chi connectivity index (χ2n) is 5.55. The molecule has 1 aromatic rings. The lowest BCUT2D eigenvalue weighted by molar-refractivity contribution is 0.174. The summed E-state index contributed by atoms with van der Waals surface area (Å²) in [5, 5.41) is 7.76. The van der Waals surface area contributed by atoms with Crippen molar-refractivity contribution in [1.82, 2.24) is 20.0 Å². The zero-order chi connectivity index (χ0) is 13.7. The van der Waals surface area contributed by atoms with Gasteiger partial charge in [-0.25, -0.2) is 0 Å². The first-order valence-corrected chi connectivity index (χ1v) is 6.89. The van der Waals surface area contributed by atoms with E-state index in [1.807, 2.05) is 17.9 Å². The van der Waals surface area contributed by atoms with Crippen molar-refractivity contribution in [2.24, 2.45) is 7.05 Å². The van der Waals surface area contributed by atoms with Gasteiger partial charge in [-0.1, -0.05) is 0 Å². The second kappa shape index (κ2) is 6.90. The monoisotopic (exact) mass is 252 g/mol. The van der Waals surface area contributed by atoms with Crippen molar-refractivity contribution in [1.29, 1.82) is 0 Å². The van der Waals surface area contributed by atoms with Gasteiger partial charge in [-0.3, -0.25) is 9.58 Å². The van der Waals surface area contributed by atoms with Gasteiger partial charge in [-0.15, -0.1) is 0 Å². The van der Waals surface area contributed by atoms with Crippen molar-refractivity contribution in [3.05, 3.63) is 18.0 Å². The van der Waals surface area contributed by atoms with Gasteiger partial charge in [0, 0.05) is 50.0 Å². The molecule has 0 saturated carbocycles. The molecule has 0 amide bonds. The summed E-state index contributed by atoms with van der Waals surface area (Å²) >= 11 is 0. The highest BCUT2D eigenvalue weighted by Gasteiger charge is 2.13. The number of hydrogen-bond acceptors (Lipinski definition) is 3. The lowest BCUT2D eigenvalue weighted by Crippen LogP contribution is -2.41. The predicted molar refractivity (Wildman–Crippen MR) is 76.6 cm³/mol. The first-order valence-electron chi connectivity index (χ1n) is 6.89. The molecule has 0 aromatic carbocycles. The molecule has 1 N–H and O–H groups in total. The summed E-state index contributed by atoms with van der Waals surface area (Å²) in [6.07, 6.45) is 4.00. The number of aromatic nitrogens is 2. The normalized spacial score (nSPS) is 13.8. The van der Waals surface area contributed by atoms with E-state index in [0.717, 1.165) is 13.1 Å². The van der Waals surface area contributed by atoms with Crippen molar-refractivity contribution in [3.8, 4) is 0 Å². The van der Waals surface area contributed by atoms with Crippen LogP contribution in [0.2, 0.25) is 0 Å². The molecule has 1 aromatic heterocycles. The van der Waals surface area contributed by atoms with E-state index in [-0.39, 0.29) is 0 Å². The molecule has 0 aliphatic heterocycles. The van der Waals surface area contributed by atoms with Crippen molar-refractivity contribution < 1.29 is 0 Å². The minimum absolute atomic E-state index is 0.361. The van der Waals surface area contributed by atoms with E-state index in [0.29, 0.717) is 18.1 Å². The minimum atomic E-state index is 0.361. The largest absolute Gasteiger partial charge is 0.309 e. The van der Waals surface area contributed by atoms with E-state index in [1.165, 1.54) is 5.56 Å². The van der Waals surface area contributed by atoms with Gasteiger partial charge < -0.3 is 5.32 Å². The van der Waals surface area contributed by atoms with Gasteiger partial charge in [0.1, 0.15) is 0 Å². The average Bonchev–Trinajstić information content (AvgIpc) is 2.69. The fourth-order valence-corrected chi connectivity index (χ4v) is 2.30. The molecule has 0 fully saturated rings. The van der Waals surface area contributed by atoms with Crippen molar-refractivity contribution in [2.45, 2.75) is 52.7 Å². The second-order valence-corrected chi connectivity index (χ2v) is 5.55. The van der Waals surface area contributed by atoms with E-state index in [1.54, 1.807) is 0 Å². The quantitative estimate of drug-likeness (QED) is 0.807. The van der Waals surface area contributed by atoms with Gasteiger partial charge >= 0.3 is 0 Å². The van der Waals surface area contributed by atoms with E-state index in [9.17, 15) is 0 Å². The van der Waals surface area contributed by atoms with Crippen LogP contribution < -0.4 is 5.32 Å². The van der Waals surface area contributed by atoms with Crippen LogP contribution >= 0.6 is 0 Å². The molecule has 0 aliphatic carbocycles. The van der Waals surface area contributed by atoms with Gasteiger partial charge in [-0.2, -0.15) is 5.10 Å². The predicted octanol–water partition coefficient (Wildman–Crippen LogP) is 2.19. The molecule has 18 heavy (non-hydrogen) atoms. The summed E-state index contributed by atoms with van der Waals surface area (Å²) in [4.78, 5) is 2.50. The fraction of sp³-hybridized carbons (Fsp3) is 0.786. The summed E-state index contributed by atoms with van der Waals surface area (Å²) in [7, 11) is 1.95. The van der Waals surface area contributed by atoms with Gasteiger partial charge in [-0.05, 0) is 34.6 Å². The van der Waals surface area contributed by atoms with Gasteiger partial charge in [0.25, 0.3) is 0 Å². The van der Waals surface area contributed by atoms with Crippen molar-refractivity contribution in [2.75, 3.05) is 13.1 Å². The molecule has 4 nitrogen and oxygen atoms in total. The topological polar surface area (TPSA) is 33.1 Å². The van der Waals surface area contributed by atoms with Crippen molar-refractivity contribution >= 4 is 0 Å². The SMILES string of the molecule is CC(NCCN(C(C)C)C(C)C)c1cnn(C)c1. The van der Waals surface area contributed by atoms with Crippen LogP contribution in [0.3, 0.4) is 0 Å². The maximum absolute atomic E-state index is 4.20. The van der Waals surface area contributed by atoms with Gasteiger partial charge in [0.15, 0.2) is 0 Å². The third kappa shape index (κ3) is 4.42. The molecular formula is C14H28N4. The van der Waals surface area contributed by atoms with Crippen LogP contribution in [0.5, 0.6) is 0 Å². The van der Waals surface area contributed by atoms with E-state index in [4.69, 9.17) is 0 Å². The molecule has 0 radical (unpaired) electrons. The smallest absolute Gasteiger partial charge is 0.0537 e.